The van der Waals surface area contributed by atoms with Crippen molar-refractivity contribution in [3.63, 3.8) is 0 Å². The van der Waals surface area contributed by atoms with E-state index in [1.165, 1.54) is 20.8 Å². The number of benzene rings is 1. The number of carbonyl (C=O) groups excluding carboxylic acids is 3. The van der Waals surface area contributed by atoms with Gasteiger partial charge in [-0.15, -0.1) is 0 Å². The quantitative estimate of drug-likeness (QED) is 0.259. The van der Waals surface area contributed by atoms with E-state index in [2.05, 4.69) is 19.6 Å². The first-order valence-electron chi connectivity index (χ1n) is 11.4. The summed E-state index contributed by atoms with van der Waals surface area (Å²) in [7, 11) is -1.42. The molecular formula is C24H36O9Si. The van der Waals surface area contributed by atoms with Crippen molar-refractivity contribution in [1.29, 1.82) is 0 Å². The fraction of sp³-hybridized carbons (Fsp3) is 0.625. The van der Waals surface area contributed by atoms with Crippen LogP contribution in [0.1, 0.15) is 26.3 Å². The molecule has 190 valence electrons. The Morgan fingerprint density at radius 2 is 1.41 bits per heavy atom. The Kier molecular flexibility index (Phi) is 10.7. The lowest BCUT2D eigenvalue weighted by Gasteiger charge is -2.44. The van der Waals surface area contributed by atoms with Crippen LogP contribution in [-0.4, -0.2) is 69.9 Å². The van der Waals surface area contributed by atoms with Crippen LogP contribution in [-0.2, 0) is 49.4 Å². The minimum Gasteiger partial charge on any atom is -0.456 e. The van der Waals surface area contributed by atoms with Crippen LogP contribution < -0.4 is 0 Å². The summed E-state index contributed by atoms with van der Waals surface area (Å²) < 4.78 is 34.3. The standard InChI is InChI=1S/C24H36O9Si/c1-16(25)30-21-20(15-28-14-19-10-8-7-9-11-19)33-24(29-12-13-34(4,5)6)23(32-18(3)27)22(21)31-17(2)26/h7-11,20-24H,12-15H2,1-6H3/t20-,21+,22+,23-,24-/m1/s1. The molecule has 2 rings (SSSR count). The Bertz CT molecular complexity index is 808. The predicted octanol–water partition coefficient (Wildman–Crippen LogP) is 3.08. The summed E-state index contributed by atoms with van der Waals surface area (Å²) in [5.41, 5.74) is 0.958. The molecule has 0 aliphatic carbocycles. The van der Waals surface area contributed by atoms with Gasteiger partial charge in [0.1, 0.15) is 6.10 Å². The Labute approximate surface area is 202 Å². The van der Waals surface area contributed by atoms with Crippen molar-refractivity contribution in [3.05, 3.63) is 35.9 Å². The summed E-state index contributed by atoms with van der Waals surface area (Å²) in [5, 5.41) is 0. The number of ether oxygens (including phenoxy) is 6. The van der Waals surface area contributed by atoms with Gasteiger partial charge in [0.05, 0.1) is 13.2 Å². The molecule has 1 fully saturated rings. The summed E-state index contributed by atoms with van der Waals surface area (Å²) in [4.78, 5) is 35.7. The molecule has 10 heteroatoms. The summed E-state index contributed by atoms with van der Waals surface area (Å²) >= 11 is 0. The maximum absolute atomic E-state index is 11.9. The van der Waals surface area contributed by atoms with Crippen molar-refractivity contribution in [2.45, 2.75) is 83.8 Å². The predicted molar refractivity (Wildman–Crippen MR) is 126 cm³/mol. The molecule has 34 heavy (non-hydrogen) atoms. The van der Waals surface area contributed by atoms with Crippen LogP contribution >= 0.6 is 0 Å². The van der Waals surface area contributed by atoms with E-state index < -0.39 is 56.7 Å². The summed E-state index contributed by atoms with van der Waals surface area (Å²) in [5.74, 6) is -1.82. The first kappa shape index (κ1) is 28.0. The van der Waals surface area contributed by atoms with Crippen LogP contribution in [0.4, 0.5) is 0 Å². The number of rotatable bonds is 11. The molecule has 1 heterocycles. The Morgan fingerprint density at radius 1 is 0.853 bits per heavy atom. The molecule has 0 radical (unpaired) electrons. The van der Waals surface area contributed by atoms with Gasteiger partial charge >= 0.3 is 17.9 Å². The maximum atomic E-state index is 11.9. The van der Waals surface area contributed by atoms with E-state index in [0.29, 0.717) is 13.2 Å². The Balaban J connectivity index is 2.27. The van der Waals surface area contributed by atoms with E-state index in [0.717, 1.165) is 11.6 Å². The zero-order valence-corrected chi connectivity index (χ0v) is 21.8. The van der Waals surface area contributed by atoms with E-state index in [1.54, 1.807) is 0 Å². The lowest BCUT2D eigenvalue weighted by atomic mass is 9.98. The highest BCUT2D eigenvalue weighted by Crippen LogP contribution is 2.30. The van der Waals surface area contributed by atoms with Crippen molar-refractivity contribution in [3.8, 4) is 0 Å². The molecule has 0 bridgehead atoms. The third-order valence-corrected chi connectivity index (χ3v) is 6.73. The van der Waals surface area contributed by atoms with Crippen molar-refractivity contribution < 1.29 is 42.8 Å². The average Bonchev–Trinajstić information content (AvgIpc) is 2.71. The first-order valence-corrected chi connectivity index (χ1v) is 15.1. The van der Waals surface area contributed by atoms with E-state index >= 15 is 0 Å². The lowest BCUT2D eigenvalue weighted by Crippen LogP contribution is -2.62. The highest BCUT2D eigenvalue weighted by atomic mass is 28.3. The van der Waals surface area contributed by atoms with Crippen molar-refractivity contribution in [2.24, 2.45) is 0 Å². The SMILES string of the molecule is CC(=O)O[C@H]1[C@@H](OC(C)=O)[C@@H](COCc2ccccc2)O[C@@H](OCC[Si](C)(C)C)[C@@H]1OC(C)=O. The first-order chi connectivity index (χ1) is 16.0. The zero-order valence-electron chi connectivity index (χ0n) is 20.8. The molecule has 1 aliphatic rings. The van der Waals surface area contributed by atoms with Gasteiger partial charge in [0.2, 0.25) is 0 Å². The van der Waals surface area contributed by atoms with Crippen LogP contribution in [0.25, 0.3) is 0 Å². The lowest BCUT2D eigenvalue weighted by molar-refractivity contribution is -0.308. The third-order valence-electron chi connectivity index (χ3n) is 5.03. The molecule has 0 unspecified atom stereocenters. The van der Waals surface area contributed by atoms with Gasteiger partial charge in [0.25, 0.3) is 0 Å². The monoisotopic (exact) mass is 496 g/mol. The van der Waals surface area contributed by atoms with Crippen molar-refractivity contribution in [2.75, 3.05) is 13.2 Å². The largest absolute Gasteiger partial charge is 0.456 e. The zero-order chi connectivity index (χ0) is 25.3. The molecule has 0 saturated carbocycles. The summed E-state index contributed by atoms with van der Waals surface area (Å²) in [6, 6.07) is 10.4. The number of hydrogen-bond donors (Lipinski definition) is 0. The van der Waals surface area contributed by atoms with Gasteiger partial charge < -0.3 is 28.4 Å². The highest BCUT2D eigenvalue weighted by molar-refractivity contribution is 6.76. The number of esters is 3. The third kappa shape index (κ3) is 9.53. The minimum atomic E-state index is -1.42. The molecule has 0 amide bonds. The maximum Gasteiger partial charge on any atom is 0.303 e. The van der Waals surface area contributed by atoms with Gasteiger partial charge in [-0.05, 0) is 11.6 Å². The van der Waals surface area contributed by atoms with Crippen molar-refractivity contribution >= 4 is 26.0 Å². The second-order valence-electron chi connectivity index (χ2n) is 9.45. The molecule has 1 aromatic rings. The molecule has 1 saturated heterocycles. The summed E-state index contributed by atoms with van der Waals surface area (Å²) in [6.07, 6.45) is -5.14. The molecule has 5 atom stereocenters. The van der Waals surface area contributed by atoms with Gasteiger partial charge in [-0.1, -0.05) is 50.0 Å². The van der Waals surface area contributed by atoms with E-state index in [9.17, 15) is 14.4 Å². The van der Waals surface area contributed by atoms with Crippen LogP contribution in [0.2, 0.25) is 25.7 Å². The van der Waals surface area contributed by atoms with Gasteiger partial charge in [0.15, 0.2) is 24.6 Å². The van der Waals surface area contributed by atoms with Gasteiger partial charge in [-0.25, -0.2) is 0 Å². The van der Waals surface area contributed by atoms with Gasteiger partial charge in [-0.3, -0.25) is 14.4 Å². The van der Waals surface area contributed by atoms with Crippen LogP contribution in [0.15, 0.2) is 30.3 Å². The van der Waals surface area contributed by atoms with Crippen molar-refractivity contribution in [1.82, 2.24) is 0 Å². The average molecular weight is 497 g/mol. The molecule has 1 aliphatic heterocycles. The number of carbonyl (C=O) groups is 3. The van der Waals surface area contributed by atoms with Crippen LogP contribution in [0, 0.1) is 0 Å². The second kappa shape index (κ2) is 13.0. The van der Waals surface area contributed by atoms with E-state index in [4.69, 9.17) is 28.4 Å². The van der Waals surface area contributed by atoms with E-state index in [1.807, 2.05) is 30.3 Å². The fourth-order valence-electron chi connectivity index (χ4n) is 3.47. The molecular weight excluding hydrogens is 460 g/mol. The second-order valence-corrected chi connectivity index (χ2v) is 15.1. The van der Waals surface area contributed by atoms with Crippen LogP contribution in [0.3, 0.4) is 0 Å². The van der Waals surface area contributed by atoms with Gasteiger partial charge in [0, 0.05) is 35.5 Å². The molecule has 1 aromatic carbocycles. The molecule has 0 N–H and O–H groups in total. The number of hydrogen-bond acceptors (Lipinski definition) is 9. The summed E-state index contributed by atoms with van der Waals surface area (Å²) in [6.45, 7) is 11.0. The Hall–Kier alpha value is -2.27. The topological polar surface area (TPSA) is 107 Å². The Morgan fingerprint density at radius 3 is 1.97 bits per heavy atom. The molecule has 0 aromatic heterocycles. The van der Waals surface area contributed by atoms with E-state index in [-0.39, 0.29) is 6.61 Å². The van der Waals surface area contributed by atoms with Crippen LogP contribution in [0.5, 0.6) is 0 Å². The van der Waals surface area contributed by atoms with Gasteiger partial charge in [-0.2, -0.15) is 0 Å². The highest BCUT2D eigenvalue weighted by Gasteiger charge is 2.52. The molecule has 9 nitrogen and oxygen atoms in total. The smallest absolute Gasteiger partial charge is 0.303 e. The fourth-order valence-corrected chi connectivity index (χ4v) is 4.20. The molecule has 0 spiro atoms. The normalized spacial score (nSPS) is 24.8. The minimum absolute atomic E-state index is 0.0330.